The fraction of sp³-hybridized carbons (Fsp3) is 0.0588. The number of benzene rings is 3. The summed E-state index contributed by atoms with van der Waals surface area (Å²) >= 11 is 3.66. The highest BCUT2D eigenvalue weighted by molar-refractivity contribution is 9.10. The Morgan fingerprint density at radius 3 is 2.30 bits per heavy atom. The summed E-state index contributed by atoms with van der Waals surface area (Å²) < 4.78 is 1.14. The van der Waals surface area contributed by atoms with Gasteiger partial charge in [-0.15, -0.1) is 0 Å². The second kappa shape index (κ2) is 6.12. The Labute approximate surface area is 130 Å². The third-order valence-corrected chi connectivity index (χ3v) is 5.67. The van der Waals surface area contributed by atoms with E-state index in [1.165, 1.54) is 21.6 Å². The van der Waals surface area contributed by atoms with E-state index in [0.717, 1.165) is 10.6 Å². The fourth-order valence-corrected chi connectivity index (χ4v) is 4.40. The number of hydrogen-bond acceptors (Lipinski definition) is 0. The van der Waals surface area contributed by atoms with Crippen molar-refractivity contribution >= 4 is 47.4 Å². The van der Waals surface area contributed by atoms with Gasteiger partial charge in [0.1, 0.15) is 0 Å². The Balaban J connectivity index is 1.99. The smallest absolute Gasteiger partial charge is 0.0256 e. The third kappa shape index (κ3) is 2.82. The lowest BCUT2D eigenvalue weighted by Crippen LogP contribution is -2.01. The molecule has 0 fully saturated rings. The van der Waals surface area contributed by atoms with Crippen molar-refractivity contribution < 1.29 is 0 Å². The van der Waals surface area contributed by atoms with Crippen molar-refractivity contribution in [2.75, 3.05) is 0 Å². The number of hydrogen-bond donors (Lipinski definition) is 0. The van der Waals surface area contributed by atoms with Gasteiger partial charge in [0.15, 0.2) is 0 Å². The van der Waals surface area contributed by atoms with E-state index < -0.39 is 7.80 Å². The molecule has 0 heterocycles. The van der Waals surface area contributed by atoms with Gasteiger partial charge in [0.05, 0.1) is 0 Å². The SMILES string of the molecule is [B-]P(Cc1cccc2cccc(Br)c12)c1ccccc1. The Morgan fingerprint density at radius 1 is 0.850 bits per heavy atom. The third-order valence-electron chi connectivity index (χ3n) is 3.37. The van der Waals surface area contributed by atoms with Crippen LogP contribution in [0.15, 0.2) is 71.2 Å². The molecule has 0 amide bonds. The minimum Gasteiger partial charge on any atom is -0.573 e. The quantitative estimate of drug-likeness (QED) is 0.466. The zero-order valence-corrected chi connectivity index (χ0v) is 13.4. The molecule has 97 valence electrons. The lowest BCUT2D eigenvalue weighted by Gasteiger charge is -2.28. The van der Waals surface area contributed by atoms with Crippen molar-refractivity contribution in [2.24, 2.45) is 0 Å². The van der Waals surface area contributed by atoms with E-state index in [9.17, 15) is 0 Å². The first-order valence-electron chi connectivity index (χ1n) is 6.49. The van der Waals surface area contributed by atoms with E-state index in [1.807, 2.05) is 6.07 Å². The summed E-state index contributed by atoms with van der Waals surface area (Å²) in [7, 11) is 5.76. The van der Waals surface area contributed by atoms with Crippen LogP contribution in [0, 0.1) is 0 Å². The minimum absolute atomic E-state index is 0.658. The standard InChI is InChI=1S/C17H13BBrP/c18-20(15-9-2-1-3-10-15)12-14-8-4-6-13-7-5-11-16(19)17(13)14/h1-11H,12H2/q-1. The van der Waals surface area contributed by atoms with Gasteiger partial charge in [0.25, 0.3) is 0 Å². The van der Waals surface area contributed by atoms with E-state index >= 15 is 0 Å². The Bertz CT molecular complexity index is 722. The van der Waals surface area contributed by atoms with Crippen LogP contribution >= 0.6 is 23.7 Å². The highest BCUT2D eigenvalue weighted by Gasteiger charge is 2.04. The molecule has 3 heteroatoms. The molecule has 0 saturated heterocycles. The fourth-order valence-electron chi connectivity index (χ4n) is 2.40. The van der Waals surface area contributed by atoms with Crippen molar-refractivity contribution in [1.29, 1.82) is 0 Å². The van der Waals surface area contributed by atoms with E-state index in [1.54, 1.807) is 0 Å². The monoisotopic (exact) mass is 338 g/mol. The molecular weight excluding hydrogens is 326 g/mol. The van der Waals surface area contributed by atoms with E-state index in [4.69, 9.17) is 7.57 Å². The van der Waals surface area contributed by atoms with Crippen LogP contribution in [0.3, 0.4) is 0 Å². The van der Waals surface area contributed by atoms with E-state index in [0.29, 0.717) is 0 Å². The highest BCUT2D eigenvalue weighted by Crippen LogP contribution is 2.37. The maximum atomic E-state index is 6.42. The molecule has 3 aromatic carbocycles. The van der Waals surface area contributed by atoms with Gasteiger partial charge in [-0.2, -0.15) is 0 Å². The second-order valence-electron chi connectivity index (χ2n) is 4.72. The van der Waals surface area contributed by atoms with Gasteiger partial charge in [-0.1, -0.05) is 81.9 Å². The summed E-state index contributed by atoms with van der Waals surface area (Å²) in [5, 5.41) is 3.78. The van der Waals surface area contributed by atoms with Crippen molar-refractivity contribution in [1.82, 2.24) is 0 Å². The Kier molecular flexibility index (Phi) is 4.24. The highest BCUT2D eigenvalue weighted by atomic mass is 79.9. The molecule has 3 radical (unpaired) electrons. The molecule has 20 heavy (non-hydrogen) atoms. The molecule has 0 saturated carbocycles. The molecule has 0 aromatic heterocycles. The van der Waals surface area contributed by atoms with Crippen molar-refractivity contribution in [3.8, 4) is 0 Å². The average Bonchev–Trinajstić information content (AvgIpc) is 2.48. The molecule has 0 spiro atoms. The summed E-state index contributed by atoms with van der Waals surface area (Å²) in [5.41, 5.74) is 1.31. The lowest BCUT2D eigenvalue weighted by atomic mass is 10.1. The van der Waals surface area contributed by atoms with Crippen LogP contribution in [0.2, 0.25) is 0 Å². The van der Waals surface area contributed by atoms with E-state index in [2.05, 4.69) is 76.6 Å². The normalized spacial score (nSPS) is 12.5. The zero-order valence-electron chi connectivity index (χ0n) is 11.0. The second-order valence-corrected chi connectivity index (χ2v) is 7.35. The van der Waals surface area contributed by atoms with Gasteiger partial charge in [-0.05, 0) is 28.6 Å². The number of halogens is 1. The van der Waals surface area contributed by atoms with Crippen LogP contribution in [0.25, 0.3) is 10.8 Å². The molecule has 1 atom stereocenters. The minimum atomic E-state index is -0.658. The first-order valence-corrected chi connectivity index (χ1v) is 8.88. The van der Waals surface area contributed by atoms with Crippen molar-refractivity contribution in [2.45, 2.75) is 6.16 Å². The Morgan fingerprint density at radius 2 is 1.55 bits per heavy atom. The van der Waals surface area contributed by atoms with Gasteiger partial charge in [0, 0.05) is 4.47 Å². The molecule has 3 rings (SSSR count). The molecule has 0 nitrogen and oxygen atoms in total. The molecule has 0 aliphatic carbocycles. The molecule has 0 N–H and O–H groups in total. The molecule has 0 aliphatic heterocycles. The maximum Gasteiger partial charge on any atom is 0.0256 e. The molecule has 0 bridgehead atoms. The molecular formula is C17H13BBrP-. The van der Waals surface area contributed by atoms with Crippen LogP contribution in [0.4, 0.5) is 0 Å². The van der Waals surface area contributed by atoms with Crippen LogP contribution in [0.1, 0.15) is 5.56 Å². The first-order chi connectivity index (χ1) is 9.75. The van der Waals surface area contributed by atoms with Crippen LogP contribution in [-0.4, -0.2) is 7.57 Å². The number of rotatable bonds is 3. The van der Waals surface area contributed by atoms with Crippen LogP contribution in [-0.2, 0) is 6.16 Å². The predicted octanol–water partition coefficient (Wildman–Crippen LogP) is 4.99. The maximum absolute atomic E-state index is 6.42. The zero-order chi connectivity index (χ0) is 13.9. The summed E-state index contributed by atoms with van der Waals surface area (Å²) in [6, 6.07) is 23.1. The molecule has 0 aliphatic rings. The summed E-state index contributed by atoms with van der Waals surface area (Å²) in [6.45, 7) is 0. The predicted molar refractivity (Wildman–Crippen MR) is 94.1 cm³/mol. The molecule has 1 unspecified atom stereocenters. The summed E-state index contributed by atoms with van der Waals surface area (Å²) in [6.07, 6.45) is 0.902. The van der Waals surface area contributed by atoms with E-state index in [-0.39, 0.29) is 0 Å². The van der Waals surface area contributed by atoms with Gasteiger partial charge in [-0.25, -0.2) is 0 Å². The lowest BCUT2D eigenvalue weighted by molar-refractivity contribution is 1.45. The molecule has 3 aromatic rings. The number of fused-ring (bicyclic) bond motifs is 1. The first kappa shape index (κ1) is 13.9. The topological polar surface area (TPSA) is 0 Å². The summed E-state index contributed by atoms with van der Waals surface area (Å²) in [4.78, 5) is 0. The van der Waals surface area contributed by atoms with Crippen LogP contribution < -0.4 is 5.30 Å². The van der Waals surface area contributed by atoms with Crippen LogP contribution in [0.5, 0.6) is 0 Å². The van der Waals surface area contributed by atoms with Gasteiger partial charge >= 0.3 is 0 Å². The van der Waals surface area contributed by atoms with Crippen molar-refractivity contribution in [3.63, 3.8) is 0 Å². The summed E-state index contributed by atoms with van der Waals surface area (Å²) in [5.74, 6) is 0. The van der Waals surface area contributed by atoms with Gasteiger partial charge in [-0.3, -0.25) is 0 Å². The largest absolute Gasteiger partial charge is 0.573 e. The van der Waals surface area contributed by atoms with Gasteiger partial charge < -0.3 is 15.4 Å². The average molecular weight is 339 g/mol. The Hall–Kier alpha value is -1.11. The van der Waals surface area contributed by atoms with Crippen molar-refractivity contribution in [3.05, 3.63) is 76.8 Å². The van der Waals surface area contributed by atoms with Gasteiger partial charge in [0.2, 0.25) is 0 Å².